The van der Waals surface area contributed by atoms with Gasteiger partial charge in [0.25, 0.3) is 0 Å². The van der Waals surface area contributed by atoms with Gasteiger partial charge in [0, 0.05) is 39.8 Å². The lowest BCUT2D eigenvalue weighted by atomic mass is 10.1. The van der Waals surface area contributed by atoms with Gasteiger partial charge in [-0.2, -0.15) is 0 Å². The van der Waals surface area contributed by atoms with Crippen molar-refractivity contribution >= 4 is 5.96 Å². The second-order valence-corrected chi connectivity index (χ2v) is 7.80. The van der Waals surface area contributed by atoms with E-state index in [1.165, 1.54) is 17.7 Å². The molecule has 0 amide bonds. The molecule has 4 rings (SSSR count). The van der Waals surface area contributed by atoms with Crippen molar-refractivity contribution in [3.05, 3.63) is 71.3 Å². The average Bonchev–Trinajstić information content (AvgIpc) is 3.19. The van der Waals surface area contributed by atoms with Crippen LogP contribution in [-0.4, -0.2) is 67.7 Å². The Morgan fingerprint density at radius 2 is 2.00 bits per heavy atom. The smallest absolute Gasteiger partial charge is 0.193 e. The Morgan fingerprint density at radius 1 is 1.17 bits per heavy atom. The third-order valence-corrected chi connectivity index (χ3v) is 5.84. The molecule has 0 bridgehead atoms. The van der Waals surface area contributed by atoms with E-state index in [1.54, 1.807) is 7.05 Å². The van der Waals surface area contributed by atoms with E-state index in [4.69, 9.17) is 4.74 Å². The van der Waals surface area contributed by atoms with Crippen molar-refractivity contribution in [2.45, 2.75) is 25.1 Å². The number of benzene rings is 2. The van der Waals surface area contributed by atoms with Crippen molar-refractivity contribution in [3.63, 3.8) is 0 Å². The Bertz CT molecular complexity index is 877. The first-order chi connectivity index (χ1) is 14.6. The highest BCUT2D eigenvalue weighted by molar-refractivity contribution is 5.80. The van der Waals surface area contributed by atoms with Gasteiger partial charge in [-0.1, -0.05) is 30.3 Å². The lowest BCUT2D eigenvalue weighted by Crippen LogP contribution is -2.50. The van der Waals surface area contributed by atoms with Crippen LogP contribution in [0.5, 0.6) is 0 Å². The number of guanidine groups is 1. The van der Waals surface area contributed by atoms with Gasteiger partial charge >= 0.3 is 0 Å². The largest absolute Gasteiger partial charge is 0.373 e. The third-order valence-electron chi connectivity index (χ3n) is 5.84. The summed E-state index contributed by atoms with van der Waals surface area (Å²) in [6.07, 6.45) is 0.529. The molecule has 2 atom stereocenters. The van der Waals surface area contributed by atoms with Gasteiger partial charge in [0.15, 0.2) is 5.96 Å². The van der Waals surface area contributed by atoms with Gasteiger partial charge in [-0.25, -0.2) is 8.78 Å². The van der Waals surface area contributed by atoms with Gasteiger partial charge < -0.3 is 15.0 Å². The molecule has 160 valence electrons. The van der Waals surface area contributed by atoms with Crippen LogP contribution < -0.4 is 5.32 Å². The predicted molar refractivity (Wildman–Crippen MR) is 113 cm³/mol. The minimum Gasteiger partial charge on any atom is -0.373 e. The molecule has 0 radical (unpaired) electrons. The fraction of sp³-hybridized carbons (Fsp3) is 0.435. The van der Waals surface area contributed by atoms with Crippen LogP contribution in [-0.2, 0) is 17.7 Å². The van der Waals surface area contributed by atoms with Crippen molar-refractivity contribution in [2.75, 3.05) is 39.8 Å². The molecule has 2 aromatic carbocycles. The molecule has 30 heavy (non-hydrogen) atoms. The monoisotopic (exact) mass is 414 g/mol. The average molecular weight is 415 g/mol. The molecule has 0 aromatic heterocycles. The topological polar surface area (TPSA) is 40.1 Å². The molecule has 2 aromatic rings. The van der Waals surface area contributed by atoms with E-state index in [0.29, 0.717) is 24.6 Å². The highest BCUT2D eigenvalue weighted by Crippen LogP contribution is 2.24. The maximum absolute atomic E-state index is 13.8. The molecular formula is C23H28F2N4O. The molecule has 2 aliphatic heterocycles. The van der Waals surface area contributed by atoms with E-state index in [9.17, 15) is 8.78 Å². The number of likely N-dealkylation sites (tertiary alicyclic amines) is 1. The van der Waals surface area contributed by atoms with E-state index < -0.39 is 5.82 Å². The number of fused-ring (bicyclic) bond motifs is 1. The van der Waals surface area contributed by atoms with Gasteiger partial charge in [0.05, 0.1) is 18.8 Å². The fourth-order valence-electron chi connectivity index (χ4n) is 4.32. The maximum Gasteiger partial charge on any atom is 0.193 e. The fourth-order valence-corrected chi connectivity index (χ4v) is 4.32. The van der Waals surface area contributed by atoms with Gasteiger partial charge in [-0.05, 0) is 35.7 Å². The van der Waals surface area contributed by atoms with Gasteiger partial charge in [-0.3, -0.25) is 9.89 Å². The van der Waals surface area contributed by atoms with Crippen molar-refractivity contribution in [2.24, 2.45) is 4.99 Å². The van der Waals surface area contributed by atoms with Crippen molar-refractivity contribution in [1.82, 2.24) is 15.1 Å². The first-order valence-corrected chi connectivity index (χ1v) is 10.4. The van der Waals surface area contributed by atoms with Crippen LogP contribution in [0.3, 0.4) is 0 Å². The summed E-state index contributed by atoms with van der Waals surface area (Å²) in [5, 5.41) is 3.29. The third kappa shape index (κ3) is 4.79. The minimum absolute atomic E-state index is 0.140. The van der Waals surface area contributed by atoms with Crippen LogP contribution in [0, 0.1) is 11.6 Å². The zero-order valence-corrected chi connectivity index (χ0v) is 17.2. The zero-order valence-electron chi connectivity index (χ0n) is 17.2. The molecule has 2 saturated heterocycles. The molecule has 1 N–H and O–H groups in total. The van der Waals surface area contributed by atoms with Crippen LogP contribution in [0.4, 0.5) is 8.78 Å². The van der Waals surface area contributed by atoms with Gasteiger partial charge in [0.2, 0.25) is 0 Å². The Labute approximate surface area is 176 Å². The zero-order chi connectivity index (χ0) is 20.9. The number of halogens is 2. The summed E-state index contributed by atoms with van der Waals surface area (Å²) < 4.78 is 33.3. The first-order valence-electron chi connectivity index (χ1n) is 10.4. The SMILES string of the molecule is CN=C(NCCc1cc(F)ccc1F)N1CC2OCCN(Cc3ccccc3)C2C1. The lowest BCUT2D eigenvalue weighted by molar-refractivity contribution is -0.0502. The van der Waals surface area contributed by atoms with E-state index in [-0.39, 0.29) is 11.9 Å². The molecule has 5 nitrogen and oxygen atoms in total. The van der Waals surface area contributed by atoms with E-state index in [2.05, 4.69) is 44.4 Å². The number of rotatable bonds is 5. The van der Waals surface area contributed by atoms with Gasteiger partial charge in [-0.15, -0.1) is 0 Å². The molecule has 2 unspecified atom stereocenters. The number of hydrogen-bond donors (Lipinski definition) is 1. The summed E-state index contributed by atoms with van der Waals surface area (Å²) in [5.41, 5.74) is 1.67. The second kappa shape index (κ2) is 9.53. The van der Waals surface area contributed by atoms with E-state index in [0.717, 1.165) is 44.8 Å². The van der Waals surface area contributed by atoms with Crippen LogP contribution in [0.25, 0.3) is 0 Å². The normalized spacial score (nSPS) is 22.2. The molecule has 7 heteroatoms. The highest BCUT2D eigenvalue weighted by Gasteiger charge is 2.41. The molecule has 2 fully saturated rings. The Morgan fingerprint density at radius 3 is 2.80 bits per heavy atom. The Kier molecular flexibility index (Phi) is 6.59. The summed E-state index contributed by atoms with van der Waals surface area (Å²) in [7, 11) is 1.75. The van der Waals surface area contributed by atoms with E-state index >= 15 is 0 Å². The molecule has 0 saturated carbocycles. The van der Waals surface area contributed by atoms with Crippen LogP contribution in [0.1, 0.15) is 11.1 Å². The summed E-state index contributed by atoms with van der Waals surface area (Å²) in [5.74, 6) is -0.0372. The minimum atomic E-state index is -0.421. The second-order valence-electron chi connectivity index (χ2n) is 7.80. The number of aliphatic imine (C=N–C) groups is 1. The molecule has 2 heterocycles. The lowest BCUT2D eigenvalue weighted by Gasteiger charge is -2.36. The molecular weight excluding hydrogens is 386 g/mol. The maximum atomic E-state index is 13.8. The first kappa shape index (κ1) is 20.8. The van der Waals surface area contributed by atoms with Crippen LogP contribution in [0.2, 0.25) is 0 Å². The number of hydrogen-bond acceptors (Lipinski definition) is 3. The van der Waals surface area contributed by atoms with Crippen LogP contribution >= 0.6 is 0 Å². The van der Waals surface area contributed by atoms with Crippen molar-refractivity contribution in [3.8, 4) is 0 Å². The van der Waals surface area contributed by atoms with Crippen LogP contribution in [0.15, 0.2) is 53.5 Å². The standard InChI is InChI=1S/C23H28F2N4O/c1-26-23(27-10-9-18-13-19(24)7-8-20(18)25)29-15-21-22(16-29)30-12-11-28(21)14-17-5-3-2-4-6-17/h2-8,13,21-22H,9-12,14-16H2,1H3,(H,26,27). The summed E-state index contributed by atoms with van der Waals surface area (Å²) in [4.78, 5) is 9.08. The summed E-state index contributed by atoms with van der Waals surface area (Å²) in [6.45, 7) is 4.62. The Balaban J connectivity index is 1.35. The summed E-state index contributed by atoms with van der Waals surface area (Å²) >= 11 is 0. The van der Waals surface area contributed by atoms with Crippen molar-refractivity contribution in [1.29, 1.82) is 0 Å². The summed E-state index contributed by atoms with van der Waals surface area (Å²) in [6, 6.07) is 14.4. The predicted octanol–water partition coefficient (Wildman–Crippen LogP) is 2.67. The van der Waals surface area contributed by atoms with Gasteiger partial charge in [0.1, 0.15) is 11.6 Å². The molecule has 0 aliphatic carbocycles. The quantitative estimate of drug-likeness (QED) is 0.603. The molecule has 2 aliphatic rings. The van der Waals surface area contributed by atoms with E-state index in [1.807, 2.05) is 6.07 Å². The number of nitrogens with one attached hydrogen (secondary N) is 1. The number of ether oxygens (including phenoxy) is 1. The number of nitrogens with zero attached hydrogens (tertiary/aromatic N) is 3. The number of morpholine rings is 1. The van der Waals surface area contributed by atoms with Crippen molar-refractivity contribution < 1.29 is 13.5 Å². The highest BCUT2D eigenvalue weighted by atomic mass is 19.1. The molecule has 0 spiro atoms. The Hall–Kier alpha value is -2.51.